The number of hydrogen-bond donors (Lipinski definition) is 2. The largest absolute Gasteiger partial charge is 0.444 e. The van der Waals surface area contributed by atoms with Gasteiger partial charge < -0.3 is 20.1 Å². The lowest BCUT2D eigenvalue weighted by atomic mass is 10.1. The Morgan fingerprint density at radius 1 is 1.38 bits per heavy atom. The molecule has 0 bridgehead atoms. The number of aliphatic hydroxyl groups excluding tert-OH is 1. The second-order valence-corrected chi connectivity index (χ2v) is 7.09. The van der Waals surface area contributed by atoms with Gasteiger partial charge in [-0.25, -0.2) is 4.79 Å². The first kappa shape index (κ1) is 18.2. The van der Waals surface area contributed by atoms with Gasteiger partial charge in [-0.2, -0.15) is 0 Å². The molecule has 0 saturated heterocycles. The Morgan fingerprint density at radius 3 is 2.57 bits per heavy atom. The van der Waals surface area contributed by atoms with Crippen molar-refractivity contribution < 1.29 is 14.6 Å². The minimum atomic E-state index is -0.462. The Kier molecular flexibility index (Phi) is 7.46. The molecule has 1 unspecified atom stereocenters. The standard InChI is InChI=1S/C16H32N2O3/c1-16(2,3)21-15(20)18(4)11-7-10-14(19)12-17-13-8-5-6-9-13/h13-14,17,19H,5-12H2,1-4H3. The van der Waals surface area contributed by atoms with Crippen molar-refractivity contribution in [3.05, 3.63) is 0 Å². The van der Waals surface area contributed by atoms with Crippen LogP contribution in [-0.4, -0.2) is 54.0 Å². The molecule has 0 spiro atoms. The lowest BCUT2D eigenvalue weighted by Gasteiger charge is -2.25. The van der Waals surface area contributed by atoms with E-state index in [1.807, 2.05) is 20.8 Å². The minimum absolute atomic E-state index is 0.305. The van der Waals surface area contributed by atoms with Gasteiger partial charge in [-0.3, -0.25) is 0 Å². The summed E-state index contributed by atoms with van der Waals surface area (Å²) < 4.78 is 5.28. The summed E-state index contributed by atoms with van der Waals surface area (Å²) in [7, 11) is 1.73. The van der Waals surface area contributed by atoms with Crippen LogP contribution in [0.1, 0.15) is 59.3 Å². The van der Waals surface area contributed by atoms with Gasteiger partial charge in [-0.15, -0.1) is 0 Å². The molecular weight excluding hydrogens is 268 g/mol. The molecule has 1 rings (SSSR count). The summed E-state index contributed by atoms with van der Waals surface area (Å²) >= 11 is 0. The zero-order valence-corrected chi connectivity index (χ0v) is 14.0. The van der Waals surface area contributed by atoms with Crippen LogP contribution in [0, 0.1) is 0 Å². The van der Waals surface area contributed by atoms with Gasteiger partial charge in [0.05, 0.1) is 6.10 Å². The van der Waals surface area contributed by atoms with Gasteiger partial charge in [0.2, 0.25) is 0 Å². The third-order valence-corrected chi connectivity index (χ3v) is 3.73. The number of nitrogens with one attached hydrogen (secondary N) is 1. The Hall–Kier alpha value is -0.810. The predicted octanol–water partition coefficient (Wildman–Crippen LogP) is 2.53. The highest BCUT2D eigenvalue weighted by Crippen LogP contribution is 2.17. The number of aliphatic hydroxyl groups is 1. The summed E-state index contributed by atoms with van der Waals surface area (Å²) in [4.78, 5) is 13.3. The van der Waals surface area contributed by atoms with E-state index in [-0.39, 0.29) is 12.2 Å². The molecule has 124 valence electrons. The van der Waals surface area contributed by atoms with E-state index in [2.05, 4.69) is 5.32 Å². The lowest BCUT2D eigenvalue weighted by Crippen LogP contribution is -2.36. The summed E-state index contributed by atoms with van der Waals surface area (Å²) in [6, 6.07) is 0.587. The smallest absolute Gasteiger partial charge is 0.410 e. The number of carbonyl (C=O) groups excluding carboxylic acids is 1. The van der Waals surface area contributed by atoms with Crippen molar-refractivity contribution >= 4 is 6.09 Å². The van der Waals surface area contributed by atoms with E-state index >= 15 is 0 Å². The first-order valence-electron chi connectivity index (χ1n) is 8.13. The average molecular weight is 300 g/mol. The molecule has 1 fully saturated rings. The van der Waals surface area contributed by atoms with Crippen LogP contribution >= 0.6 is 0 Å². The summed E-state index contributed by atoms with van der Waals surface area (Å²) in [5.41, 5.74) is -0.462. The summed E-state index contributed by atoms with van der Waals surface area (Å²) in [6.07, 6.45) is 5.90. The van der Waals surface area contributed by atoms with Crippen molar-refractivity contribution in [2.24, 2.45) is 0 Å². The van der Waals surface area contributed by atoms with Crippen molar-refractivity contribution in [1.82, 2.24) is 10.2 Å². The average Bonchev–Trinajstić information content (AvgIpc) is 2.87. The highest BCUT2D eigenvalue weighted by atomic mass is 16.6. The molecule has 0 radical (unpaired) electrons. The van der Waals surface area contributed by atoms with E-state index in [0.717, 1.165) is 6.42 Å². The fraction of sp³-hybridized carbons (Fsp3) is 0.938. The van der Waals surface area contributed by atoms with E-state index in [1.54, 1.807) is 11.9 Å². The molecule has 0 aromatic rings. The van der Waals surface area contributed by atoms with Crippen LogP contribution < -0.4 is 5.32 Å². The van der Waals surface area contributed by atoms with Crippen molar-refractivity contribution in [2.75, 3.05) is 20.1 Å². The molecule has 1 aliphatic carbocycles. The number of rotatable bonds is 7. The van der Waals surface area contributed by atoms with Gasteiger partial charge in [-0.1, -0.05) is 12.8 Å². The van der Waals surface area contributed by atoms with Gasteiger partial charge in [-0.05, 0) is 46.5 Å². The molecule has 0 aromatic carbocycles. The first-order valence-corrected chi connectivity index (χ1v) is 8.13. The number of ether oxygens (including phenoxy) is 1. The second kappa shape index (κ2) is 8.59. The van der Waals surface area contributed by atoms with Crippen LogP contribution in [0.2, 0.25) is 0 Å². The van der Waals surface area contributed by atoms with Crippen molar-refractivity contribution in [3.8, 4) is 0 Å². The Labute approximate surface area is 129 Å². The quantitative estimate of drug-likeness (QED) is 0.758. The highest BCUT2D eigenvalue weighted by Gasteiger charge is 2.19. The monoisotopic (exact) mass is 300 g/mol. The third-order valence-electron chi connectivity index (χ3n) is 3.73. The van der Waals surface area contributed by atoms with Crippen molar-refractivity contribution in [2.45, 2.75) is 77.0 Å². The molecule has 21 heavy (non-hydrogen) atoms. The van der Waals surface area contributed by atoms with E-state index < -0.39 is 5.60 Å². The van der Waals surface area contributed by atoms with Gasteiger partial charge in [0, 0.05) is 26.2 Å². The van der Waals surface area contributed by atoms with Gasteiger partial charge in [0.15, 0.2) is 0 Å². The molecule has 1 aliphatic rings. The zero-order chi connectivity index (χ0) is 15.9. The van der Waals surface area contributed by atoms with Crippen molar-refractivity contribution in [3.63, 3.8) is 0 Å². The first-order chi connectivity index (χ1) is 9.78. The van der Waals surface area contributed by atoms with E-state index in [9.17, 15) is 9.90 Å². The maximum Gasteiger partial charge on any atom is 0.410 e. The predicted molar refractivity (Wildman–Crippen MR) is 84.4 cm³/mol. The van der Waals surface area contributed by atoms with Crippen LogP contribution in [0.3, 0.4) is 0 Å². The molecule has 1 saturated carbocycles. The molecule has 1 amide bonds. The van der Waals surface area contributed by atoms with Gasteiger partial charge >= 0.3 is 6.09 Å². The molecule has 0 aliphatic heterocycles. The number of carbonyl (C=O) groups is 1. The highest BCUT2D eigenvalue weighted by molar-refractivity contribution is 5.67. The van der Waals surface area contributed by atoms with E-state index in [0.29, 0.717) is 25.6 Å². The molecule has 0 aromatic heterocycles. The molecule has 5 nitrogen and oxygen atoms in total. The fourth-order valence-corrected chi connectivity index (χ4v) is 2.53. The Balaban J connectivity index is 2.09. The maximum atomic E-state index is 11.8. The molecule has 2 N–H and O–H groups in total. The zero-order valence-electron chi connectivity index (χ0n) is 14.0. The number of hydrogen-bond acceptors (Lipinski definition) is 4. The molecule has 5 heteroatoms. The van der Waals surface area contributed by atoms with Crippen LogP contribution in [-0.2, 0) is 4.74 Å². The summed E-state index contributed by atoms with van der Waals surface area (Å²) in [5, 5.41) is 13.4. The Bertz CT molecular complexity index is 309. The van der Waals surface area contributed by atoms with Gasteiger partial charge in [0.25, 0.3) is 0 Å². The second-order valence-electron chi connectivity index (χ2n) is 7.09. The van der Waals surface area contributed by atoms with Crippen LogP contribution in [0.5, 0.6) is 0 Å². The fourth-order valence-electron chi connectivity index (χ4n) is 2.53. The van der Waals surface area contributed by atoms with Crippen LogP contribution in [0.15, 0.2) is 0 Å². The van der Waals surface area contributed by atoms with Crippen molar-refractivity contribution in [1.29, 1.82) is 0 Å². The Morgan fingerprint density at radius 2 is 2.00 bits per heavy atom. The normalized spacial score (nSPS) is 17.8. The molecule has 0 heterocycles. The van der Waals surface area contributed by atoms with Gasteiger partial charge in [0.1, 0.15) is 5.60 Å². The van der Waals surface area contributed by atoms with E-state index in [4.69, 9.17) is 4.74 Å². The number of nitrogens with zero attached hydrogens (tertiary/aromatic N) is 1. The summed E-state index contributed by atoms with van der Waals surface area (Å²) in [5.74, 6) is 0. The topological polar surface area (TPSA) is 61.8 Å². The molecular formula is C16H32N2O3. The van der Waals surface area contributed by atoms with Crippen LogP contribution in [0.4, 0.5) is 4.79 Å². The minimum Gasteiger partial charge on any atom is -0.444 e. The lowest BCUT2D eigenvalue weighted by molar-refractivity contribution is 0.0289. The SMILES string of the molecule is CN(CCCC(O)CNC1CCCC1)C(=O)OC(C)(C)C. The van der Waals surface area contributed by atoms with Crippen LogP contribution in [0.25, 0.3) is 0 Å². The molecule has 1 atom stereocenters. The third kappa shape index (κ3) is 8.27. The number of amides is 1. The maximum absolute atomic E-state index is 11.8. The van der Waals surface area contributed by atoms with E-state index in [1.165, 1.54) is 25.7 Å². The summed E-state index contributed by atoms with van der Waals surface area (Å²) in [6.45, 7) is 6.84.